The van der Waals surface area contributed by atoms with Crippen LogP contribution in [0, 0.1) is 11.8 Å². The van der Waals surface area contributed by atoms with Gasteiger partial charge in [-0.1, -0.05) is 140 Å². The minimum absolute atomic E-state index is 0.409. The Kier molecular flexibility index (Phi) is 7.71. The SMILES string of the molecule is C1=CC2c3cc(C4=Cc5c(n(-c6ccc(-c7cc(-c8ccccc8)nc(-c8ccccc8)n7)cc6)c6ccccc56)CC4)ccc3N(c3ccc4ccccc4c3)C2C2CC12. The molecule has 4 aliphatic rings. The fourth-order valence-electron chi connectivity index (χ4n) is 10.8. The highest BCUT2D eigenvalue weighted by atomic mass is 15.2. The van der Waals surface area contributed by atoms with Gasteiger partial charge in [-0.15, -0.1) is 0 Å². The first-order valence-electron chi connectivity index (χ1n) is 21.8. The van der Waals surface area contributed by atoms with Crippen LogP contribution in [0.25, 0.3) is 72.9 Å². The molecule has 1 aliphatic heterocycles. The summed E-state index contributed by atoms with van der Waals surface area (Å²) in [4.78, 5) is 12.8. The fraction of sp³-hybridized carbons (Fsp3) is 0.123. The third-order valence-electron chi connectivity index (χ3n) is 13.8. The van der Waals surface area contributed by atoms with E-state index in [1.807, 2.05) is 24.3 Å². The first-order valence-corrected chi connectivity index (χ1v) is 21.8. The molecule has 3 aliphatic carbocycles. The van der Waals surface area contributed by atoms with Gasteiger partial charge in [0.25, 0.3) is 0 Å². The van der Waals surface area contributed by atoms with E-state index in [0.29, 0.717) is 17.9 Å². The summed E-state index contributed by atoms with van der Waals surface area (Å²) in [7, 11) is 0. The van der Waals surface area contributed by atoms with E-state index in [-0.39, 0.29) is 0 Å². The van der Waals surface area contributed by atoms with Crippen LogP contribution < -0.4 is 4.90 Å². The summed E-state index contributed by atoms with van der Waals surface area (Å²) in [5, 5.41) is 3.90. The molecule has 0 spiro atoms. The zero-order chi connectivity index (χ0) is 40.0. The largest absolute Gasteiger partial charge is 0.337 e. The van der Waals surface area contributed by atoms with Crippen LogP contribution in [0.4, 0.5) is 11.4 Å². The van der Waals surface area contributed by atoms with Crippen molar-refractivity contribution in [2.45, 2.75) is 31.2 Å². The number of anilines is 2. The topological polar surface area (TPSA) is 34.0 Å². The van der Waals surface area contributed by atoms with Gasteiger partial charge in [0.05, 0.1) is 16.9 Å². The molecule has 0 bridgehead atoms. The molecule has 1 saturated carbocycles. The normalized spacial score (nSPS) is 19.6. The van der Waals surface area contributed by atoms with Gasteiger partial charge in [-0.3, -0.25) is 0 Å². The van der Waals surface area contributed by atoms with Crippen molar-refractivity contribution in [1.29, 1.82) is 0 Å². The molecule has 2 aromatic heterocycles. The molecule has 0 radical (unpaired) electrons. The Labute approximate surface area is 355 Å². The van der Waals surface area contributed by atoms with Gasteiger partial charge in [0, 0.05) is 62.4 Å². The van der Waals surface area contributed by atoms with Crippen molar-refractivity contribution < 1.29 is 0 Å². The third kappa shape index (κ3) is 5.66. The van der Waals surface area contributed by atoms with E-state index in [9.17, 15) is 0 Å². The maximum Gasteiger partial charge on any atom is 0.160 e. The highest BCUT2D eigenvalue weighted by molar-refractivity contribution is 5.99. The van der Waals surface area contributed by atoms with Crippen molar-refractivity contribution in [2.75, 3.05) is 4.90 Å². The van der Waals surface area contributed by atoms with Crippen molar-refractivity contribution in [1.82, 2.24) is 14.5 Å². The molecule has 61 heavy (non-hydrogen) atoms. The summed E-state index contributed by atoms with van der Waals surface area (Å²) in [5.74, 6) is 2.57. The predicted molar refractivity (Wildman–Crippen MR) is 251 cm³/mol. The Morgan fingerprint density at radius 2 is 1.21 bits per heavy atom. The summed E-state index contributed by atoms with van der Waals surface area (Å²) in [6.07, 6.45) is 10.8. The van der Waals surface area contributed by atoms with Crippen molar-refractivity contribution in [2.24, 2.45) is 11.8 Å². The lowest BCUT2D eigenvalue weighted by molar-refractivity contribution is 0.528. The standard InChI is InChI=1S/C57H42N4/c1-3-12-37(13-4-1)51-35-52(59-57(58-51)39-14-5-2-6-15-39)38-20-25-44(26-21-38)60-53-18-10-9-17-46(53)49-32-41(23-29-54(49)60)42-24-30-55-50(33-42)47-28-22-43-34-48(43)56(47)61(55)45-27-19-36-11-7-8-16-40(36)31-45/h1-22,24-28,30-33,35,43,47-48,56H,23,29,34H2. The Balaban J connectivity index is 0.867. The van der Waals surface area contributed by atoms with Crippen LogP contribution in [0.3, 0.4) is 0 Å². The minimum atomic E-state index is 0.409. The summed E-state index contributed by atoms with van der Waals surface area (Å²) in [6.45, 7) is 0. The van der Waals surface area contributed by atoms with Crippen LogP contribution in [0.2, 0.25) is 0 Å². The summed E-state index contributed by atoms with van der Waals surface area (Å²) in [5.41, 5.74) is 17.0. The number of nitrogens with zero attached hydrogens (tertiary/aromatic N) is 4. The zero-order valence-electron chi connectivity index (χ0n) is 33.7. The van der Waals surface area contributed by atoms with E-state index in [2.05, 4.69) is 179 Å². The Morgan fingerprint density at radius 3 is 2.03 bits per heavy atom. The molecule has 9 aromatic rings. The van der Waals surface area contributed by atoms with E-state index in [1.165, 1.54) is 73.1 Å². The summed E-state index contributed by atoms with van der Waals surface area (Å²) >= 11 is 0. The average molecular weight is 783 g/mol. The molecule has 4 unspecified atom stereocenters. The maximum absolute atomic E-state index is 5.10. The Bertz CT molecular complexity index is 3190. The molecule has 4 atom stereocenters. The highest BCUT2D eigenvalue weighted by Crippen LogP contribution is 2.60. The maximum atomic E-state index is 5.10. The first-order chi connectivity index (χ1) is 30.2. The average Bonchev–Trinajstić information content (AvgIpc) is 3.96. The van der Waals surface area contributed by atoms with E-state index in [0.717, 1.165) is 52.7 Å². The number of rotatable bonds is 6. The lowest BCUT2D eigenvalue weighted by Crippen LogP contribution is -2.33. The molecule has 0 amide bonds. The molecule has 4 nitrogen and oxygen atoms in total. The second-order valence-electron chi connectivity index (χ2n) is 17.3. The van der Waals surface area contributed by atoms with Gasteiger partial charge in [0.1, 0.15) is 0 Å². The predicted octanol–water partition coefficient (Wildman–Crippen LogP) is 13.9. The second kappa shape index (κ2) is 13.6. The van der Waals surface area contributed by atoms with Crippen LogP contribution in [0.1, 0.15) is 41.1 Å². The van der Waals surface area contributed by atoms with Gasteiger partial charge in [0.15, 0.2) is 5.82 Å². The third-order valence-corrected chi connectivity index (χ3v) is 13.8. The fourth-order valence-corrected chi connectivity index (χ4v) is 10.8. The van der Waals surface area contributed by atoms with Crippen molar-refractivity contribution in [3.05, 3.63) is 210 Å². The van der Waals surface area contributed by atoms with Crippen LogP contribution >= 0.6 is 0 Å². The lowest BCUT2D eigenvalue weighted by atomic mass is 9.85. The number of hydrogen-bond donors (Lipinski definition) is 0. The van der Waals surface area contributed by atoms with Crippen LogP contribution in [0.5, 0.6) is 0 Å². The van der Waals surface area contributed by atoms with Crippen LogP contribution in [0.15, 0.2) is 188 Å². The molecular formula is C57H42N4. The van der Waals surface area contributed by atoms with E-state index in [1.54, 1.807) is 0 Å². The molecule has 0 N–H and O–H groups in total. The molecule has 4 heteroatoms. The van der Waals surface area contributed by atoms with Crippen molar-refractivity contribution in [3.63, 3.8) is 0 Å². The number of benzene rings is 7. The number of hydrogen-bond acceptors (Lipinski definition) is 3. The molecule has 3 heterocycles. The number of para-hydroxylation sites is 1. The number of aromatic nitrogens is 3. The molecular weight excluding hydrogens is 741 g/mol. The Hall–Kier alpha value is -7.30. The summed E-state index contributed by atoms with van der Waals surface area (Å²) in [6, 6.07) is 64.3. The summed E-state index contributed by atoms with van der Waals surface area (Å²) < 4.78 is 2.49. The first kappa shape index (κ1) is 34.6. The number of fused-ring (bicyclic) bond motifs is 9. The van der Waals surface area contributed by atoms with Crippen LogP contribution in [-0.2, 0) is 6.42 Å². The zero-order valence-corrected chi connectivity index (χ0v) is 33.7. The van der Waals surface area contributed by atoms with Gasteiger partial charge in [-0.05, 0) is 113 Å². The Morgan fingerprint density at radius 1 is 0.525 bits per heavy atom. The molecule has 7 aromatic carbocycles. The van der Waals surface area contributed by atoms with E-state index < -0.39 is 0 Å². The van der Waals surface area contributed by atoms with Gasteiger partial charge >= 0.3 is 0 Å². The molecule has 1 fully saturated rings. The number of allylic oxidation sites excluding steroid dienone is 2. The quantitative estimate of drug-likeness (QED) is 0.158. The van der Waals surface area contributed by atoms with Gasteiger partial charge in [-0.2, -0.15) is 0 Å². The highest BCUT2D eigenvalue weighted by Gasteiger charge is 2.53. The van der Waals surface area contributed by atoms with Gasteiger partial charge < -0.3 is 9.47 Å². The van der Waals surface area contributed by atoms with Gasteiger partial charge in [0.2, 0.25) is 0 Å². The second-order valence-corrected chi connectivity index (χ2v) is 17.3. The van der Waals surface area contributed by atoms with E-state index >= 15 is 0 Å². The van der Waals surface area contributed by atoms with Crippen molar-refractivity contribution >= 4 is 44.7 Å². The van der Waals surface area contributed by atoms with Gasteiger partial charge in [-0.25, -0.2) is 9.97 Å². The van der Waals surface area contributed by atoms with Crippen LogP contribution in [-0.4, -0.2) is 20.6 Å². The molecule has 0 saturated heterocycles. The molecule has 290 valence electrons. The van der Waals surface area contributed by atoms with E-state index in [4.69, 9.17) is 9.97 Å². The molecule has 13 rings (SSSR count). The minimum Gasteiger partial charge on any atom is -0.337 e. The monoisotopic (exact) mass is 782 g/mol. The smallest absolute Gasteiger partial charge is 0.160 e. The van der Waals surface area contributed by atoms with Crippen molar-refractivity contribution in [3.8, 4) is 39.6 Å². The lowest BCUT2D eigenvalue weighted by Gasteiger charge is -2.32.